The molecule has 0 aliphatic rings. The molecule has 0 spiro atoms. The van der Waals surface area contributed by atoms with Gasteiger partial charge >= 0.3 is 6.18 Å². The molecule has 0 amide bonds. The Balaban J connectivity index is 1.93. The molecule has 1 unspecified atom stereocenters. The van der Waals surface area contributed by atoms with E-state index in [1.165, 1.54) is 12.1 Å². The molecule has 2 N–H and O–H groups in total. The van der Waals surface area contributed by atoms with E-state index >= 15 is 0 Å². The summed E-state index contributed by atoms with van der Waals surface area (Å²) in [5.41, 5.74) is 0.397. The van der Waals surface area contributed by atoms with E-state index in [0.29, 0.717) is 32.0 Å². The number of rotatable bonds is 9. The second-order valence-electron chi connectivity index (χ2n) is 6.59. The number of aryl methyl sites for hydroxylation is 1. The molecule has 0 saturated heterocycles. The summed E-state index contributed by atoms with van der Waals surface area (Å²) >= 11 is 0. The second-order valence-corrected chi connectivity index (χ2v) is 6.59. The van der Waals surface area contributed by atoms with E-state index < -0.39 is 11.7 Å². The van der Waals surface area contributed by atoms with Crippen molar-refractivity contribution < 1.29 is 17.9 Å². The first kappa shape index (κ1) is 22.6. The highest BCUT2D eigenvalue weighted by Gasteiger charge is 2.30. The molecule has 1 atom stereocenters. The molecular weight excluding hydrogens is 383 g/mol. The van der Waals surface area contributed by atoms with Crippen LogP contribution in [-0.2, 0) is 19.6 Å². The molecule has 0 fully saturated rings. The van der Waals surface area contributed by atoms with Crippen LogP contribution < -0.4 is 15.4 Å². The normalized spacial score (nSPS) is 13.2. The van der Waals surface area contributed by atoms with Gasteiger partial charge in [0.2, 0.25) is 0 Å². The van der Waals surface area contributed by atoms with Crippen molar-refractivity contribution in [1.82, 2.24) is 20.4 Å². The Morgan fingerprint density at radius 1 is 1.28 bits per heavy atom. The van der Waals surface area contributed by atoms with Gasteiger partial charge in [-0.1, -0.05) is 13.0 Å². The van der Waals surface area contributed by atoms with E-state index in [4.69, 9.17) is 4.74 Å². The number of ether oxygens (including phenoxy) is 1. The van der Waals surface area contributed by atoms with Crippen LogP contribution in [0.3, 0.4) is 0 Å². The van der Waals surface area contributed by atoms with Crippen LogP contribution >= 0.6 is 0 Å². The van der Waals surface area contributed by atoms with Crippen molar-refractivity contribution >= 4 is 5.96 Å². The van der Waals surface area contributed by atoms with Gasteiger partial charge in [0, 0.05) is 26.3 Å². The average molecular weight is 411 g/mol. The minimum absolute atomic E-state index is 0.191. The van der Waals surface area contributed by atoms with Gasteiger partial charge < -0.3 is 15.4 Å². The largest absolute Gasteiger partial charge is 0.488 e. The fourth-order valence-corrected chi connectivity index (χ4v) is 2.65. The lowest BCUT2D eigenvalue weighted by Crippen LogP contribution is -2.39. The topological polar surface area (TPSA) is 63.5 Å². The number of hydrogen-bond donors (Lipinski definition) is 2. The Bertz CT molecular complexity index is 788. The molecule has 0 radical (unpaired) electrons. The van der Waals surface area contributed by atoms with Crippen molar-refractivity contribution in [2.24, 2.45) is 12.0 Å². The summed E-state index contributed by atoms with van der Waals surface area (Å²) in [4.78, 5) is 4.51. The summed E-state index contributed by atoms with van der Waals surface area (Å²) in [7, 11) is 1.87. The molecule has 160 valence electrons. The molecule has 2 aromatic rings. The number of aromatic nitrogens is 2. The van der Waals surface area contributed by atoms with Gasteiger partial charge in [-0.25, -0.2) is 4.99 Å². The minimum atomic E-state index is -4.39. The molecule has 2 rings (SSSR count). The Morgan fingerprint density at radius 3 is 2.69 bits per heavy atom. The summed E-state index contributed by atoms with van der Waals surface area (Å²) in [6.07, 6.45) is 0.483. The quantitative estimate of drug-likeness (QED) is 0.491. The number of alkyl halides is 3. The number of guanidine groups is 1. The van der Waals surface area contributed by atoms with Crippen LogP contribution in [0, 0.1) is 0 Å². The van der Waals surface area contributed by atoms with E-state index in [0.717, 1.165) is 24.1 Å². The zero-order valence-electron chi connectivity index (χ0n) is 17.0. The minimum Gasteiger partial charge on any atom is -0.488 e. The standard InChI is InChI=1S/C20H28F3N5O/c1-4-17(29-18-8-6-7-16(11-18)20(21,22)23)13-26-19(24-5-2)25-10-9-15-12-27-28(3)14-15/h6-8,11-12,14,17H,4-5,9-10,13H2,1-3H3,(H2,24,25,26). The SMILES string of the molecule is CCNC(=NCC(CC)Oc1cccc(C(F)(F)F)c1)NCCc1cnn(C)c1. The molecular formula is C20H28F3N5O. The molecule has 1 aromatic heterocycles. The first-order chi connectivity index (χ1) is 13.8. The van der Waals surface area contributed by atoms with Crippen molar-refractivity contribution in [3.63, 3.8) is 0 Å². The predicted octanol–water partition coefficient (Wildman–Crippen LogP) is 3.39. The first-order valence-corrected chi connectivity index (χ1v) is 9.65. The predicted molar refractivity (Wildman–Crippen MR) is 107 cm³/mol. The maximum Gasteiger partial charge on any atom is 0.416 e. The Labute approximate surface area is 169 Å². The molecule has 0 bridgehead atoms. The molecule has 0 aliphatic heterocycles. The lowest BCUT2D eigenvalue weighted by atomic mass is 10.2. The van der Waals surface area contributed by atoms with Crippen LogP contribution in [0.5, 0.6) is 5.75 Å². The van der Waals surface area contributed by atoms with Crippen LogP contribution in [-0.4, -0.2) is 41.5 Å². The van der Waals surface area contributed by atoms with Gasteiger partial charge in [0.1, 0.15) is 11.9 Å². The van der Waals surface area contributed by atoms with Crippen LogP contribution in [0.25, 0.3) is 0 Å². The summed E-state index contributed by atoms with van der Waals surface area (Å²) in [6, 6.07) is 4.92. The van der Waals surface area contributed by atoms with Crippen LogP contribution in [0.4, 0.5) is 13.2 Å². The van der Waals surface area contributed by atoms with Crippen LogP contribution in [0.1, 0.15) is 31.4 Å². The fourth-order valence-electron chi connectivity index (χ4n) is 2.65. The molecule has 1 heterocycles. The van der Waals surface area contributed by atoms with Gasteiger partial charge in [-0.05, 0) is 43.5 Å². The maximum absolute atomic E-state index is 12.9. The highest BCUT2D eigenvalue weighted by atomic mass is 19.4. The molecule has 29 heavy (non-hydrogen) atoms. The number of nitrogens with zero attached hydrogens (tertiary/aromatic N) is 3. The summed E-state index contributed by atoms with van der Waals surface area (Å²) < 4.78 is 46.1. The van der Waals surface area contributed by atoms with E-state index in [1.807, 2.05) is 33.3 Å². The van der Waals surface area contributed by atoms with Gasteiger partial charge in [0.05, 0.1) is 18.3 Å². The van der Waals surface area contributed by atoms with Crippen LogP contribution in [0.2, 0.25) is 0 Å². The molecule has 9 heteroatoms. The maximum atomic E-state index is 12.9. The number of nitrogens with one attached hydrogen (secondary N) is 2. The third-order valence-electron chi connectivity index (χ3n) is 4.18. The van der Waals surface area contributed by atoms with Crippen molar-refractivity contribution in [3.05, 3.63) is 47.8 Å². The second kappa shape index (κ2) is 10.7. The van der Waals surface area contributed by atoms with Crippen LogP contribution in [0.15, 0.2) is 41.7 Å². The summed E-state index contributed by atoms with van der Waals surface area (Å²) in [5.74, 6) is 0.832. The number of aliphatic imine (C=N–C) groups is 1. The summed E-state index contributed by atoms with van der Waals surface area (Å²) in [6.45, 7) is 5.59. The van der Waals surface area contributed by atoms with Crippen molar-refractivity contribution in [1.29, 1.82) is 0 Å². The van der Waals surface area contributed by atoms with Gasteiger partial charge in [0.25, 0.3) is 0 Å². The lowest BCUT2D eigenvalue weighted by molar-refractivity contribution is -0.137. The van der Waals surface area contributed by atoms with E-state index in [1.54, 1.807) is 4.68 Å². The van der Waals surface area contributed by atoms with Crippen molar-refractivity contribution in [2.45, 2.75) is 39.0 Å². The fraction of sp³-hybridized carbons (Fsp3) is 0.500. The third-order valence-corrected chi connectivity index (χ3v) is 4.18. The Hall–Kier alpha value is -2.71. The highest BCUT2D eigenvalue weighted by Crippen LogP contribution is 2.31. The highest BCUT2D eigenvalue weighted by molar-refractivity contribution is 5.79. The number of hydrogen-bond acceptors (Lipinski definition) is 3. The molecule has 1 aromatic carbocycles. The zero-order chi connectivity index (χ0) is 21.3. The molecule has 0 saturated carbocycles. The van der Waals surface area contributed by atoms with Crippen molar-refractivity contribution in [3.8, 4) is 5.75 Å². The van der Waals surface area contributed by atoms with Gasteiger partial charge in [-0.3, -0.25) is 4.68 Å². The molecule has 0 aliphatic carbocycles. The first-order valence-electron chi connectivity index (χ1n) is 9.65. The van der Waals surface area contributed by atoms with Gasteiger partial charge in [-0.2, -0.15) is 18.3 Å². The lowest BCUT2D eigenvalue weighted by Gasteiger charge is -2.18. The molecule has 6 nitrogen and oxygen atoms in total. The van der Waals surface area contributed by atoms with Crippen molar-refractivity contribution in [2.75, 3.05) is 19.6 Å². The van der Waals surface area contributed by atoms with Gasteiger partial charge in [0.15, 0.2) is 5.96 Å². The van der Waals surface area contributed by atoms with E-state index in [-0.39, 0.29) is 11.9 Å². The average Bonchev–Trinajstić information content (AvgIpc) is 3.09. The summed E-state index contributed by atoms with van der Waals surface area (Å²) in [5, 5.41) is 10.5. The zero-order valence-corrected chi connectivity index (χ0v) is 17.0. The Morgan fingerprint density at radius 2 is 2.07 bits per heavy atom. The van der Waals surface area contributed by atoms with E-state index in [2.05, 4.69) is 20.7 Å². The van der Waals surface area contributed by atoms with Gasteiger partial charge in [-0.15, -0.1) is 0 Å². The smallest absolute Gasteiger partial charge is 0.416 e. The number of benzene rings is 1. The Kier molecular flexibility index (Phi) is 8.35. The number of halogens is 3. The third kappa shape index (κ3) is 7.67. The van der Waals surface area contributed by atoms with E-state index in [9.17, 15) is 13.2 Å². The monoisotopic (exact) mass is 411 g/mol.